The van der Waals surface area contributed by atoms with Crippen molar-refractivity contribution in [1.82, 2.24) is 0 Å². The SMILES string of the molecule is CCCO.CCOC(C)=O.CO.ClC(Cl)Cl.O. The van der Waals surface area contributed by atoms with Gasteiger partial charge >= 0.3 is 5.97 Å². The Hall–Kier alpha value is 0.220. The standard InChI is InChI=1S/C4H8O2.C3H8O.CHCl3.CH4O.H2O/c1-3-6-4(2)5;1-2-3-4;2-1(3)4;1-2;/h3H2,1-2H3;4H,2-3H2,1H3;1H;2H,1H3;1H2. The van der Waals surface area contributed by atoms with Crippen LogP contribution in [-0.4, -0.2) is 46.3 Å². The molecule has 0 saturated heterocycles. The summed E-state index contributed by atoms with van der Waals surface area (Å²) in [6.07, 6.45) is 0.875. The minimum Gasteiger partial charge on any atom is -0.466 e. The smallest absolute Gasteiger partial charge is 0.302 e. The molecule has 0 aliphatic heterocycles. The van der Waals surface area contributed by atoms with E-state index >= 15 is 0 Å². The van der Waals surface area contributed by atoms with Crippen LogP contribution in [-0.2, 0) is 9.53 Å². The summed E-state index contributed by atoms with van der Waals surface area (Å²) in [7, 11) is 1.00. The van der Waals surface area contributed by atoms with Gasteiger partial charge in [0.15, 0.2) is 4.30 Å². The molecular weight excluding hydrogens is 294 g/mol. The van der Waals surface area contributed by atoms with Gasteiger partial charge in [-0.25, -0.2) is 0 Å². The first kappa shape index (κ1) is 30.3. The van der Waals surface area contributed by atoms with Gasteiger partial charge in [-0.3, -0.25) is 4.79 Å². The highest BCUT2D eigenvalue weighted by molar-refractivity contribution is 6.63. The molecule has 0 atom stereocenters. The lowest BCUT2D eigenvalue weighted by atomic mass is 10.5. The van der Waals surface area contributed by atoms with Crippen molar-refractivity contribution in [1.29, 1.82) is 0 Å². The van der Waals surface area contributed by atoms with Crippen LogP contribution in [0.5, 0.6) is 0 Å². The van der Waals surface area contributed by atoms with Crippen LogP contribution >= 0.6 is 34.8 Å². The summed E-state index contributed by atoms with van der Waals surface area (Å²) >= 11 is 14.4. The van der Waals surface area contributed by atoms with E-state index in [9.17, 15) is 4.79 Å². The fourth-order valence-electron chi connectivity index (χ4n) is 0.203. The van der Waals surface area contributed by atoms with Gasteiger partial charge in [0.25, 0.3) is 0 Å². The maximum absolute atomic E-state index is 9.82. The monoisotopic (exact) mass is 316 g/mol. The third-order valence-electron chi connectivity index (χ3n) is 0.571. The van der Waals surface area contributed by atoms with E-state index in [4.69, 9.17) is 45.0 Å². The molecule has 0 aromatic carbocycles. The molecule has 0 aromatic rings. The molecule has 5 nitrogen and oxygen atoms in total. The molecule has 0 aliphatic carbocycles. The number of hydrogen-bond donors (Lipinski definition) is 2. The number of alkyl halides is 3. The lowest BCUT2D eigenvalue weighted by molar-refractivity contribution is -0.140. The molecule has 0 unspecified atom stereocenters. The number of aliphatic hydroxyl groups is 2. The number of hydrogen-bond acceptors (Lipinski definition) is 4. The van der Waals surface area contributed by atoms with Gasteiger partial charge in [0, 0.05) is 20.6 Å². The van der Waals surface area contributed by atoms with Gasteiger partial charge in [-0.15, -0.1) is 0 Å². The molecule has 4 N–H and O–H groups in total. The number of carbonyl (C=O) groups is 1. The van der Waals surface area contributed by atoms with Crippen LogP contribution in [0.25, 0.3) is 0 Å². The molecule has 8 heteroatoms. The summed E-state index contributed by atoms with van der Waals surface area (Å²) in [5.74, 6) is -0.211. The first-order valence-electron chi connectivity index (χ1n) is 4.53. The van der Waals surface area contributed by atoms with Crippen molar-refractivity contribution >= 4 is 40.8 Å². The Morgan fingerprint density at radius 1 is 1.24 bits per heavy atom. The Labute approximate surface area is 118 Å². The van der Waals surface area contributed by atoms with Crippen LogP contribution in [0.2, 0.25) is 0 Å². The van der Waals surface area contributed by atoms with Gasteiger partial charge in [0.1, 0.15) is 0 Å². The number of ether oxygens (including phenoxy) is 1. The van der Waals surface area contributed by atoms with Crippen LogP contribution in [0, 0.1) is 0 Å². The van der Waals surface area contributed by atoms with E-state index in [-0.39, 0.29) is 11.4 Å². The lowest BCUT2D eigenvalue weighted by Crippen LogP contribution is -1.95. The highest BCUT2D eigenvalue weighted by atomic mass is 35.6. The van der Waals surface area contributed by atoms with Gasteiger partial charge in [0.2, 0.25) is 0 Å². The Morgan fingerprint density at radius 2 is 1.47 bits per heavy atom. The topological polar surface area (TPSA) is 98.3 Å². The summed E-state index contributed by atoms with van der Waals surface area (Å²) in [6.45, 7) is 5.90. The van der Waals surface area contributed by atoms with Crippen LogP contribution in [0.15, 0.2) is 0 Å². The highest BCUT2D eigenvalue weighted by Crippen LogP contribution is 2.03. The fourth-order valence-corrected chi connectivity index (χ4v) is 0.203. The molecule has 0 saturated carbocycles. The zero-order chi connectivity index (χ0) is 14.0. The second-order valence-corrected chi connectivity index (χ2v) is 3.88. The molecule has 0 heterocycles. The van der Waals surface area contributed by atoms with E-state index in [0.29, 0.717) is 13.2 Å². The zero-order valence-corrected chi connectivity index (χ0v) is 12.8. The van der Waals surface area contributed by atoms with E-state index in [1.54, 1.807) is 6.92 Å². The maximum atomic E-state index is 9.82. The molecule has 0 amide bonds. The fraction of sp³-hybridized carbons (Fsp3) is 0.889. The molecular formula is C9H23Cl3O5. The Balaban J connectivity index is -0.0000000393. The first-order chi connectivity index (χ1) is 7.42. The van der Waals surface area contributed by atoms with Gasteiger partial charge in [-0.1, -0.05) is 41.7 Å². The van der Waals surface area contributed by atoms with E-state index < -0.39 is 4.30 Å². The van der Waals surface area contributed by atoms with E-state index in [0.717, 1.165) is 13.5 Å². The van der Waals surface area contributed by atoms with Crippen LogP contribution in [0.3, 0.4) is 0 Å². The Morgan fingerprint density at radius 3 is 1.47 bits per heavy atom. The van der Waals surface area contributed by atoms with E-state index in [1.165, 1.54) is 6.92 Å². The molecule has 110 valence electrons. The molecule has 0 rings (SSSR count). The van der Waals surface area contributed by atoms with Gasteiger partial charge < -0.3 is 20.4 Å². The minimum absolute atomic E-state index is 0. The average Bonchev–Trinajstić information content (AvgIpc) is 2.20. The van der Waals surface area contributed by atoms with Gasteiger partial charge in [-0.2, -0.15) is 0 Å². The minimum atomic E-state index is -0.750. The van der Waals surface area contributed by atoms with Crippen molar-refractivity contribution < 1.29 is 25.2 Å². The Bertz CT molecular complexity index is 110. The highest BCUT2D eigenvalue weighted by Gasteiger charge is 1.81. The summed E-state index contributed by atoms with van der Waals surface area (Å²) in [5, 5.41) is 14.9. The molecule has 0 bridgehead atoms. The second-order valence-electron chi connectivity index (χ2n) is 1.90. The van der Waals surface area contributed by atoms with Gasteiger partial charge in [0.05, 0.1) is 6.61 Å². The van der Waals surface area contributed by atoms with Crippen molar-refractivity contribution in [3.05, 3.63) is 0 Å². The predicted molar refractivity (Wildman–Crippen MR) is 72.8 cm³/mol. The zero-order valence-electron chi connectivity index (χ0n) is 10.5. The molecule has 17 heavy (non-hydrogen) atoms. The summed E-state index contributed by atoms with van der Waals surface area (Å²) in [6, 6.07) is 0. The number of halogens is 3. The average molecular weight is 318 g/mol. The molecule has 0 aliphatic rings. The van der Waals surface area contributed by atoms with E-state index in [1.807, 2.05) is 6.92 Å². The molecule has 0 fully saturated rings. The van der Waals surface area contributed by atoms with Crippen molar-refractivity contribution in [3.8, 4) is 0 Å². The molecule has 0 radical (unpaired) electrons. The summed E-state index contributed by atoms with van der Waals surface area (Å²) in [5.41, 5.74) is 0. The summed E-state index contributed by atoms with van der Waals surface area (Å²) < 4.78 is 3.65. The lowest BCUT2D eigenvalue weighted by Gasteiger charge is -1.89. The van der Waals surface area contributed by atoms with Crippen molar-refractivity contribution in [2.75, 3.05) is 20.3 Å². The summed E-state index contributed by atoms with van der Waals surface area (Å²) in [4.78, 5) is 9.82. The van der Waals surface area contributed by atoms with Crippen molar-refractivity contribution in [2.45, 2.75) is 31.5 Å². The van der Waals surface area contributed by atoms with Crippen LogP contribution < -0.4 is 0 Å². The van der Waals surface area contributed by atoms with E-state index in [2.05, 4.69) is 4.74 Å². The quantitative estimate of drug-likeness (QED) is 0.598. The first-order valence-corrected chi connectivity index (χ1v) is 5.84. The predicted octanol–water partition coefficient (Wildman–Crippen LogP) is 1.73. The van der Waals surface area contributed by atoms with Crippen LogP contribution in [0.4, 0.5) is 0 Å². The number of rotatable bonds is 2. The molecule has 0 spiro atoms. The largest absolute Gasteiger partial charge is 0.466 e. The number of carbonyl (C=O) groups excluding carboxylic acids is 1. The van der Waals surface area contributed by atoms with Crippen molar-refractivity contribution in [3.63, 3.8) is 0 Å². The number of aliphatic hydroxyl groups excluding tert-OH is 2. The maximum Gasteiger partial charge on any atom is 0.302 e. The van der Waals surface area contributed by atoms with Crippen LogP contribution in [0.1, 0.15) is 27.2 Å². The third-order valence-corrected chi connectivity index (χ3v) is 0.571. The normalized spacial score (nSPS) is 6.94. The Kier molecular flexibility index (Phi) is 64.2. The third kappa shape index (κ3) is 184. The molecule has 0 aromatic heterocycles. The van der Waals surface area contributed by atoms with Gasteiger partial charge in [-0.05, 0) is 13.3 Å². The number of esters is 1. The second kappa shape index (κ2) is 36.0. The van der Waals surface area contributed by atoms with Crippen molar-refractivity contribution in [2.24, 2.45) is 0 Å².